The van der Waals surface area contributed by atoms with E-state index < -0.39 is 23.6 Å². The number of anilines is 1. The Hall–Kier alpha value is -2.99. The number of halogens is 1. The summed E-state index contributed by atoms with van der Waals surface area (Å²) in [4.78, 5) is 27.6. The summed E-state index contributed by atoms with van der Waals surface area (Å²) < 4.78 is 10.7. The number of nitrogens with zero attached hydrogens (tertiary/aromatic N) is 1. The van der Waals surface area contributed by atoms with Crippen molar-refractivity contribution >= 4 is 29.0 Å². The second-order valence-electron chi connectivity index (χ2n) is 7.36. The molecule has 158 valence electrons. The zero-order chi connectivity index (χ0) is 22.2. The maximum Gasteiger partial charge on any atom is 0.294 e. The van der Waals surface area contributed by atoms with Gasteiger partial charge in [0.15, 0.2) is 23.0 Å². The topological polar surface area (TPSA) is 76.1 Å². The van der Waals surface area contributed by atoms with Gasteiger partial charge in [0.25, 0.3) is 5.91 Å². The fourth-order valence-corrected chi connectivity index (χ4v) is 3.78. The number of aliphatic hydroxyl groups excluding tert-OH is 1. The quantitative estimate of drug-likeness (QED) is 0.714. The van der Waals surface area contributed by atoms with Gasteiger partial charge in [0.05, 0.1) is 25.8 Å². The van der Waals surface area contributed by atoms with E-state index >= 15 is 0 Å². The number of methoxy groups -OCH3 is 2. The smallest absolute Gasteiger partial charge is 0.294 e. The third-order valence-corrected chi connectivity index (χ3v) is 5.63. The van der Waals surface area contributed by atoms with Gasteiger partial charge in [-0.1, -0.05) is 37.6 Å². The number of amides is 1. The van der Waals surface area contributed by atoms with Gasteiger partial charge in [-0.3, -0.25) is 14.5 Å². The molecule has 6 nitrogen and oxygen atoms in total. The maximum atomic E-state index is 13.1. The van der Waals surface area contributed by atoms with Gasteiger partial charge < -0.3 is 14.6 Å². The third kappa shape index (κ3) is 3.52. The first kappa shape index (κ1) is 21.7. The van der Waals surface area contributed by atoms with Crippen LogP contribution in [0.15, 0.2) is 47.7 Å². The predicted octanol–water partition coefficient (Wildman–Crippen LogP) is 4.79. The summed E-state index contributed by atoms with van der Waals surface area (Å²) in [5, 5.41) is 11.2. The summed E-state index contributed by atoms with van der Waals surface area (Å²) in [6, 6.07) is 9.51. The van der Waals surface area contributed by atoms with Gasteiger partial charge in [0.1, 0.15) is 0 Å². The number of carbonyl (C=O) groups excluding carboxylic acids is 2. The zero-order valence-electron chi connectivity index (χ0n) is 17.5. The van der Waals surface area contributed by atoms with Crippen LogP contribution in [0.3, 0.4) is 0 Å². The number of aliphatic hydroxyl groups is 1. The SMILES string of the molecule is COc1ccc(C2C(C(=O)C(C)C)=C(O)C(=O)N2c2cccc(Cl)c2C)cc1OC. The van der Waals surface area contributed by atoms with Gasteiger partial charge in [-0.15, -0.1) is 0 Å². The Morgan fingerprint density at radius 1 is 1.13 bits per heavy atom. The minimum absolute atomic E-state index is 0.0570. The van der Waals surface area contributed by atoms with Crippen molar-refractivity contribution in [2.45, 2.75) is 26.8 Å². The Morgan fingerprint density at radius 3 is 2.40 bits per heavy atom. The maximum absolute atomic E-state index is 13.1. The molecular formula is C23H24ClNO5. The van der Waals surface area contributed by atoms with Gasteiger partial charge in [-0.2, -0.15) is 0 Å². The van der Waals surface area contributed by atoms with E-state index in [1.165, 1.54) is 19.1 Å². The normalized spacial score (nSPS) is 16.4. The molecule has 0 spiro atoms. The molecule has 2 aromatic carbocycles. The lowest BCUT2D eigenvalue weighted by atomic mass is 9.90. The summed E-state index contributed by atoms with van der Waals surface area (Å²) in [6.45, 7) is 5.24. The molecule has 0 saturated heterocycles. The molecule has 0 fully saturated rings. The largest absolute Gasteiger partial charge is 0.503 e. The Bertz CT molecular complexity index is 1040. The van der Waals surface area contributed by atoms with Crippen LogP contribution < -0.4 is 14.4 Å². The molecular weight excluding hydrogens is 406 g/mol. The molecule has 1 heterocycles. The summed E-state index contributed by atoms with van der Waals surface area (Å²) in [6.07, 6.45) is 0. The lowest BCUT2D eigenvalue weighted by Gasteiger charge is -2.29. The summed E-state index contributed by atoms with van der Waals surface area (Å²) in [5.41, 5.74) is 1.85. The minimum Gasteiger partial charge on any atom is -0.503 e. The van der Waals surface area contributed by atoms with Crippen LogP contribution in [-0.4, -0.2) is 31.0 Å². The second kappa shape index (κ2) is 8.40. The molecule has 1 amide bonds. The minimum atomic E-state index is -0.829. The number of ether oxygens (including phenoxy) is 2. The molecule has 0 radical (unpaired) electrons. The molecule has 0 bridgehead atoms. The number of Topliss-reactive ketones (excluding diaryl/α,β-unsaturated/α-hetero) is 1. The van der Waals surface area contributed by atoms with Crippen LogP contribution in [-0.2, 0) is 9.59 Å². The predicted molar refractivity (Wildman–Crippen MR) is 115 cm³/mol. The van der Waals surface area contributed by atoms with Gasteiger partial charge in [-0.05, 0) is 42.3 Å². The molecule has 30 heavy (non-hydrogen) atoms. The molecule has 1 aliphatic rings. The molecule has 0 aliphatic carbocycles. The molecule has 3 rings (SSSR count). The number of benzene rings is 2. The molecule has 1 N–H and O–H groups in total. The Labute approximate surface area is 180 Å². The van der Waals surface area contributed by atoms with Crippen LogP contribution in [0.1, 0.15) is 31.0 Å². The third-order valence-electron chi connectivity index (χ3n) is 5.22. The lowest BCUT2D eigenvalue weighted by molar-refractivity contribution is -0.119. The molecule has 2 aromatic rings. The standard InChI is InChI=1S/C23H24ClNO5/c1-12(2)21(26)19-20(14-9-10-17(29-4)18(11-14)30-5)25(23(28)22(19)27)16-8-6-7-15(24)13(16)3/h6-12,20,27H,1-5H3. The fourth-order valence-electron chi connectivity index (χ4n) is 3.61. The van der Waals surface area contributed by atoms with E-state index in [0.29, 0.717) is 33.3 Å². The highest BCUT2D eigenvalue weighted by Gasteiger charge is 2.45. The van der Waals surface area contributed by atoms with Gasteiger partial charge >= 0.3 is 0 Å². The number of hydrogen-bond acceptors (Lipinski definition) is 5. The number of rotatable bonds is 6. The Morgan fingerprint density at radius 2 is 1.80 bits per heavy atom. The Kier molecular flexibility index (Phi) is 6.08. The van der Waals surface area contributed by atoms with Crippen molar-refractivity contribution in [1.29, 1.82) is 0 Å². The van der Waals surface area contributed by atoms with Gasteiger partial charge in [0, 0.05) is 16.6 Å². The fraction of sp³-hybridized carbons (Fsp3) is 0.304. The molecule has 7 heteroatoms. The number of carbonyl (C=O) groups is 2. The van der Waals surface area contributed by atoms with E-state index in [0.717, 1.165) is 0 Å². The highest BCUT2D eigenvalue weighted by atomic mass is 35.5. The van der Waals surface area contributed by atoms with E-state index in [4.69, 9.17) is 21.1 Å². The van der Waals surface area contributed by atoms with Crippen molar-refractivity contribution in [3.8, 4) is 11.5 Å². The summed E-state index contributed by atoms with van der Waals surface area (Å²) in [5.74, 6) is -0.938. The molecule has 0 aromatic heterocycles. The average molecular weight is 430 g/mol. The van der Waals surface area contributed by atoms with Crippen LogP contribution in [0.2, 0.25) is 5.02 Å². The van der Waals surface area contributed by atoms with Crippen LogP contribution in [0.4, 0.5) is 5.69 Å². The highest BCUT2D eigenvalue weighted by molar-refractivity contribution is 6.32. The zero-order valence-corrected chi connectivity index (χ0v) is 18.3. The van der Waals surface area contributed by atoms with Crippen LogP contribution in [0.25, 0.3) is 0 Å². The lowest BCUT2D eigenvalue weighted by Crippen LogP contribution is -2.32. The van der Waals surface area contributed by atoms with Crippen molar-refractivity contribution in [2.75, 3.05) is 19.1 Å². The van der Waals surface area contributed by atoms with E-state index in [9.17, 15) is 14.7 Å². The van der Waals surface area contributed by atoms with E-state index in [2.05, 4.69) is 0 Å². The van der Waals surface area contributed by atoms with Crippen LogP contribution in [0.5, 0.6) is 11.5 Å². The van der Waals surface area contributed by atoms with Crippen molar-refractivity contribution in [3.05, 3.63) is 63.9 Å². The number of ketones is 1. The van der Waals surface area contributed by atoms with E-state index in [1.54, 1.807) is 57.2 Å². The first-order valence-electron chi connectivity index (χ1n) is 9.50. The van der Waals surface area contributed by atoms with E-state index in [-0.39, 0.29) is 11.4 Å². The second-order valence-corrected chi connectivity index (χ2v) is 7.76. The van der Waals surface area contributed by atoms with Crippen molar-refractivity contribution in [1.82, 2.24) is 0 Å². The Balaban J connectivity index is 2.26. The van der Waals surface area contributed by atoms with Crippen molar-refractivity contribution < 1.29 is 24.2 Å². The number of hydrogen-bond donors (Lipinski definition) is 1. The van der Waals surface area contributed by atoms with Gasteiger partial charge in [0.2, 0.25) is 0 Å². The summed E-state index contributed by atoms with van der Waals surface area (Å²) >= 11 is 6.29. The highest BCUT2D eigenvalue weighted by Crippen LogP contribution is 2.45. The van der Waals surface area contributed by atoms with Crippen molar-refractivity contribution in [3.63, 3.8) is 0 Å². The van der Waals surface area contributed by atoms with Crippen molar-refractivity contribution in [2.24, 2.45) is 5.92 Å². The molecule has 1 unspecified atom stereocenters. The van der Waals surface area contributed by atoms with Crippen LogP contribution >= 0.6 is 11.6 Å². The average Bonchev–Trinajstić information content (AvgIpc) is 2.99. The monoisotopic (exact) mass is 429 g/mol. The molecule has 1 aliphatic heterocycles. The first-order chi connectivity index (χ1) is 14.2. The first-order valence-corrected chi connectivity index (χ1v) is 9.88. The molecule has 1 atom stereocenters. The van der Waals surface area contributed by atoms with E-state index in [1.807, 2.05) is 0 Å². The molecule has 0 saturated carbocycles. The summed E-state index contributed by atoms with van der Waals surface area (Å²) in [7, 11) is 3.03. The van der Waals surface area contributed by atoms with Crippen LogP contribution in [0, 0.1) is 12.8 Å². The van der Waals surface area contributed by atoms with Gasteiger partial charge in [-0.25, -0.2) is 0 Å².